The minimum atomic E-state index is 0.361. The van der Waals surface area contributed by atoms with Gasteiger partial charge in [-0.1, -0.05) is 65.9 Å². The molecule has 4 rings (SSSR count). The van der Waals surface area contributed by atoms with E-state index < -0.39 is 0 Å². The zero-order valence-corrected chi connectivity index (χ0v) is 18.3. The van der Waals surface area contributed by atoms with Crippen LogP contribution < -0.4 is 4.74 Å². The Hall–Kier alpha value is -2.90. The molecule has 0 aliphatic carbocycles. The smallest absolute Gasteiger partial charge is 0.191 e. The molecule has 152 valence electrons. The molecule has 0 aliphatic heterocycles. The van der Waals surface area contributed by atoms with Crippen LogP contribution in [0.5, 0.6) is 5.75 Å². The Bertz CT molecular complexity index is 1100. The number of hydrogen-bond acceptors (Lipinski definition) is 6. The van der Waals surface area contributed by atoms with Crippen LogP contribution >= 0.6 is 23.1 Å². The highest BCUT2D eigenvalue weighted by Gasteiger charge is 2.14. The molecular weight excluding hydrogens is 412 g/mol. The van der Waals surface area contributed by atoms with E-state index in [2.05, 4.69) is 53.3 Å². The summed E-state index contributed by atoms with van der Waals surface area (Å²) in [4.78, 5) is 4.78. The van der Waals surface area contributed by atoms with Crippen LogP contribution in [0, 0.1) is 6.92 Å². The molecule has 2 heterocycles. The van der Waals surface area contributed by atoms with Crippen LogP contribution in [0.1, 0.15) is 17.1 Å². The molecule has 0 spiro atoms. The highest BCUT2D eigenvalue weighted by molar-refractivity contribution is 7.98. The van der Waals surface area contributed by atoms with Gasteiger partial charge in [0.1, 0.15) is 17.4 Å². The summed E-state index contributed by atoms with van der Waals surface area (Å²) in [6.07, 6.45) is 1.85. The Labute approximate surface area is 184 Å². The number of ether oxygens (including phenoxy) is 1. The number of benzene rings is 2. The first-order chi connectivity index (χ1) is 14.7. The van der Waals surface area contributed by atoms with E-state index in [1.165, 1.54) is 5.56 Å². The normalized spacial score (nSPS) is 10.8. The molecule has 7 heteroatoms. The van der Waals surface area contributed by atoms with E-state index in [0.29, 0.717) is 13.2 Å². The predicted octanol–water partition coefficient (Wildman–Crippen LogP) is 5.77. The number of rotatable bonds is 9. The van der Waals surface area contributed by atoms with Crippen LogP contribution in [-0.4, -0.2) is 19.7 Å². The SMILES string of the molecule is C=CCn1c(COc2ccccc2)nnc1SCc1csc(-c2ccc(C)cc2)n1. The molecule has 0 atom stereocenters. The number of para-hydroxylation sites is 1. The number of nitrogens with zero attached hydrogens (tertiary/aromatic N) is 4. The van der Waals surface area contributed by atoms with Gasteiger partial charge in [-0.2, -0.15) is 0 Å². The van der Waals surface area contributed by atoms with Crippen LogP contribution in [0.25, 0.3) is 10.6 Å². The Morgan fingerprint density at radius 3 is 2.67 bits per heavy atom. The van der Waals surface area contributed by atoms with Crippen molar-refractivity contribution in [3.05, 3.63) is 89.7 Å². The summed E-state index contributed by atoms with van der Waals surface area (Å²) in [5.41, 5.74) is 3.44. The summed E-state index contributed by atoms with van der Waals surface area (Å²) in [6, 6.07) is 18.2. The minimum absolute atomic E-state index is 0.361. The van der Waals surface area contributed by atoms with E-state index in [0.717, 1.165) is 38.7 Å². The third-order valence-corrected chi connectivity index (χ3v) is 6.36. The molecule has 4 aromatic rings. The summed E-state index contributed by atoms with van der Waals surface area (Å²) < 4.78 is 7.87. The number of thiazole rings is 1. The Kier molecular flexibility index (Phi) is 6.61. The van der Waals surface area contributed by atoms with E-state index >= 15 is 0 Å². The maximum absolute atomic E-state index is 5.84. The van der Waals surface area contributed by atoms with Crippen molar-refractivity contribution in [2.75, 3.05) is 0 Å². The van der Waals surface area contributed by atoms with E-state index in [1.807, 2.05) is 41.0 Å². The molecule has 30 heavy (non-hydrogen) atoms. The lowest BCUT2D eigenvalue weighted by molar-refractivity contribution is 0.289. The zero-order valence-electron chi connectivity index (χ0n) is 16.7. The predicted molar refractivity (Wildman–Crippen MR) is 123 cm³/mol. The van der Waals surface area contributed by atoms with Crippen molar-refractivity contribution < 1.29 is 4.74 Å². The van der Waals surface area contributed by atoms with Crippen molar-refractivity contribution in [2.24, 2.45) is 0 Å². The summed E-state index contributed by atoms with van der Waals surface area (Å²) >= 11 is 3.29. The minimum Gasteiger partial charge on any atom is -0.486 e. The number of allylic oxidation sites excluding steroid dienone is 1. The average Bonchev–Trinajstić information content (AvgIpc) is 3.40. The van der Waals surface area contributed by atoms with Crippen LogP contribution in [0.3, 0.4) is 0 Å². The van der Waals surface area contributed by atoms with Crippen molar-refractivity contribution in [1.82, 2.24) is 19.7 Å². The fraction of sp³-hybridized carbons (Fsp3) is 0.174. The van der Waals surface area contributed by atoms with Crippen molar-refractivity contribution in [3.63, 3.8) is 0 Å². The van der Waals surface area contributed by atoms with E-state index in [1.54, 1.807) is 23.1 Å². The topological polar surface area (TPSA) is 52.8 Å². The summed E-state index contributed by atoms with van der Waals surface area (Å²) in [5, 5.41) is 12.7. The van der Waals surface area contributed by atoms with Gasteiger partial charge in [-0.15, -0.1) is 28.1 Å². The van der Waals surface area contributed by atoms with Gasteiger partial charge in [0, 0.05) is 23.2 Å². The number of hydrogen-bond donors (Lipinski definition) is 0. The highest BCUT2D eigenvalue weighted by atomic mass is 32.2. The molecule has 2 aromatic carbocycles. The van der Waals surface area contributed by atoms with Gasteiger partial charge < -0.3 is 4.74 Å². The molecule has 0 unspecified atom stereocenters. The fourth-order valence-corrected chi connectivity index (χ4v) is 4.64. The molecule has 0 fully saturated rings. The lowest BCUT2D eigenvalue weighted by Gasteiger charge is -2.08. The summed E-state index contributed by atoms with van der Waals surface area (Å²) in [5.74, 6) is 2.32. The molecule has 0 radical (unpaired) electrons. The number of aromatic nitrogens is 4. The summed E-state index contributed by atoms with van der Waals surface area (Å²) in [7, 11) is 0. The van der Waals surface area contributed by atoms with Crippen molar-refractivity contribution in [2.45, 2.75) is 31.0 Å². The van der Waals surface area contributed by atoms with Crippen molar-refractivity contribution in [3.8, 4) is 16.3 Å². The van der Waals surface area contributed by atoms with Gasteiger partial charge in [-0.05, 0) is 19.1 Å². The molecule has 5 nitrogen and oxygen atoms in total. The van der Waals surface area contributed by atoms with Crippen LogP contribution in [0.15, 0.2) is 77.8 Å². The first kappa shape index (κ1) is 20.4. The Balaban J connectivity index is 1.42. The molecular formula is C23H22N4OS2. The standard InChI is InChI=1S/C23H22N4OS2/c1-3-13-27-21(14-28-20-7-5-4-6-8-20)25-26-23(27)30-16-19-15-29-22(24-19)18-11-9-17(2)10-12-18/h3-12,15H,1,13-14,16H2,2H3. The Morgan fingerprint density at radius 2 is 1.90 bits per heavy atom. The largest absolute Gasteiger partial charge is 0.486 e. The number of thioether (sulfide) groups is 1. The monoisotopic (exact) mass is 434 g/mol. The van der Waals surface area contributed by atoms with Gasteiger partial charge in [0.2, 0.25) is 0 Å². The zero-order chi connectivity index (χ0) is 20.8. The molecule has 2 aromatic heterocycles. The second-order valence-electron chi connectivity index (χ2n) is 6.70. The van der Waals surface area contributed by atoms with E-state index in [-0.39, 0.29) is 0 Å². The molecule has 0 saturated carbocycles. The first-order valence-electron chi connectivity index (χ1n) is 9.58. The van der Waals surface area contributed by atoms with Gasteiger partial charge in [-0.25, -0.2) is 4.98 Å². The molecule has 0 bridgehead atoms. The lowest BCUT2D eigenvalue weighted by Crippen LogP contribution is -2.07. The van der Waals surface area contributed by atoms with Gasteiger partial charge in [0.25, 0.3) is 0 Å². The van der Waals surface area contributed by atoms with Gasteiger partial charge in [0.05, 0.1) is 5.69 Å². The second-order valence-corrected chi connectivity index (χ2v) is 8.50. The van der Waals surface area contributed by atoms with Gasteiger partial charge in [0.15, 0.2) is 11.0 Å². The first-order valence-corrected chi connectivity index (χ1v) is 11.4. The fourth-order valence-electron chi connectivity index (χ4n) is 2.85. The van der Waals surface area contributed by atoms with E-state index in [9.17, 15) is 0 Å². The van der Waals surface area contributed by atoms with Crippen LogP contribution in [0.4, 0.5) is 0 Å². The van der Waals surface area contributed by atoms with E-state index in [4.69, 9.17) is 9.72 Å². The molecule has 0 saturated heterocycles. The third-order valence-electron chi connectivity index (χ3n) is 4.42. The highest BCUT2D eigenvalue weighted by Crippen LogP contribution is 2.28. The quantitative estimate of drug-likeness (QED) is 0.247. The van der Waals surface area contributed by atoms with Crippen LogP contribution in [0.2, 0.25) is 0 Å². The maximum atomic E-state index is 5.84. The molecule has 0 N–H and O–H groups in total. The van der Waals surface area contributed by atoms with Gasteiger partial charge in [-0.3, -0.25) is 4.57 Å². The lowest BCUT2D eigenvalue weighted by atomic mass is 10.2. The average molecular weight is 435 g/mol. The molecule has 0 aliphatic rings. The maximum Gasteiger partial charge on any atom is 0.191 e. The second kappa shape index (κ2) is 9.73. The third kappa shape index (κ3) is 4.98. The van der Waals surface area contributed by atoms with Crippen LogP contribution in [-0.2, 0) is 18.9 Å². The molecule has 0 amide bonds. The number of aryl methyl sites for hydroxylation is 1. The Morgan fingerprint density at radius 1 is 1.10 bits per heavy atom. The van der Waals surface area contributed by atoms with Crippen molar-refractivity contribution >= 4 is 23.1 Å². The van der Waals surface area contributed by atoms with Crippen molar-refractivity contribution in [1.29, 1.82) is 0 Å². The van der Waals surface area contributed by atoms with Gasteiger partial charge >= 0.3 is 0 Å². The summed E-state index contributed by atoms with van der Waals surface area (Å²) in [6.45, 7) is 6.94.